The molecule has 36 heavy (non-hydrogen) atoms. The van der Waals surface area contributed by atoms with Gasteiger partial charge < -0.3 is 18.9 Å². The van der Waals surface area contributed by atoms with Crippen molar-refractivity contribution >= 4 is 27.6 Å². The van der Waals surface area contributed by atoms with E-state index in [0.29, 0.717) is 28.0 Å². The highest BCUT2D eigenvalue weighted by molar-refractivity contribution is 7.93. The summed E-state index contributed by atoms with van der Waals surface area (Å²) in [5.74, 6) is 1.24. The number of halogens is 1. The van der Waals surface area contributed by atoms with Gasteiger partial charge in [-0.1, -0.05) is 17.7 Å². The van der Waals surface area contributed by atoms with Crippen LogP contribution in [0.4, 0.5) is 5.95 Å². The molecule has 1 aromatic carbocycles. The number of sulfonamides is 1. The van der Waals surface area contributed by atoms with Crippen molar-refractivity contribution in [2.75, 3.05) is 26.1 Å². The first-order valence-electron chi connectivity index (χ1n) is 10.9. The predicted molar refractivity (Wildman–Crippen MR) is 133 cm³/mol. The second-order valence-corrected chi connectivity index (χ2v) is 10.4. The van der Waals surface area contributed by atoms with Gasteiger partial charge in [0.2, 0.25) is 16.0 Å². The summed E-state index contributed by atoms with van der Waals surface area (Å²) in [6.07, 6.45) is 1.65. The molecule has 0 radical (unpaired) electrons. The Morgan fingerprint density at radius 1 is 1.03 bits per heavy atom. The highest BCUT2D eigenvalue weighted by atomic mass is 35.5. The molecule has 0 bridgehead atoms. The van der Waals surface area contributed by atoms with Crippen molar-refractivity contribution in [3.8, 4) is 17.2 Å². The second-order valence-electron chi connectivity index (χ2n) is 7.91. The third kappa shape index (κ3) is 6.03. The van der Waals surface area contributed by atoms with E-state index in [-0.39, 0.29) is 24.5 Å². The standard InChI is InChI=1S/C22H29ClN6O6S/c1-13(2)35-12-18-26-27-22(29(18)19-16(32-4)8-7-9-17(19)33-5)28-36(30,31)14(3)20(34-6)21-24-10-15(23)11-25-21/h7-11,13-14,20H,12H2,1-6H3,(H,27,28)/t14-,20-/m0/s1. The Bertz CT molecular complexity index is 1250. The fraction of sp³-hybridized carbons (Fsp3) is 0.455. The van der Waals surface area contributed by atoms with Crippen LogP contribution in [0, 0.1) is 0 Å². The second kappa shape index (κ2) is 11.8. The first kappa shape index (κ1) is 27.6. The van der Waals surface area contributed by atoms with Gasteiger partial charge in [-0.05, 0) is 32.9 Å². The maximum absolute atomic E-state index is 13.5. The van der Waals surface area contributed by atoms with Crippen LogP contribution in [-0.2, 0) is 26.1 Å². The fourth-order valence-electron chi connectivity index (χ4n) is 3.36. The van der Waals surface area contributed by atoms with Gasteiger partial charge in [-0.2, -0.15) is 0 Å². The quantitative estimate of drug-likeness (QED) is 0.364. The molecule has 14 heteroatoms. The number of hydrogen-bond donors (Lipinski definition) is 1. The molecule has 2 heterocycles. The van der Waals surface area contributed by atoms with Gasteiger partial charge in [-0.3, -0.25) is 9.29 Å². The molecule has 3 aromatic rings. The van der Waals surface area contributed by atoms with Crippen LogP contribution in [0.15, 0.2) is 30.6 Å². The van der Waals surface area contributed by atoms with Crippen LogP contribution in [0.5, 0.6) is 11.5 Å². The van der Waals surface area contributed by atoms with Crippen molar-refractivity contribution in [1.29, 1.82) is 0 Å². The van der Waals surface area contributed by atoms with Crippen LogP contribution in [0.25, 0.3) is 5.69 Å². The Morgan fingerprint density at radius 2 is 1.64 bits per heavy atom. The van der Waals surface area contributed by atoms with Crippen LogP contribution in [0.2, 0.25) is 5.02 Å². The van der Waals surface area contributed by atoms with E-state index in [2.05, 4.69) is 24.9 Å². The molecule has 12 nitrogen and oxygen atoms in total. The Morgan fingerprint density at radius 3 is 2.17 bits per heavy atom. The van der Waals surface area contributed by atoms with E-state index in [0.717, 1.165) is 0 Å². The van der Waals surface area contributed by atoms with Gasteiger partial charge >= 0.3 is 0 Å². The third-order valence-corrected chi connectivity index (χ3v) is 7.09. The summed E-state index contributed by atoms with van der Waals surface area (Å²) in [5, 5.41) is 7.47. The first-order valence-corrected chi connectivity index (χ1v) is 12.8. The lowest BCUT2D eigenvalue weighted by molar-refractivity contribution is 0.0604. The van der Waals surface area contributed by atoms with Gasteiger partial charge in [-0.15, -0.1) is 10.2 Å². The van der Waals surface area contributed by atoms with E-state index in [1.54, 1.807) is 18.2 Å². The van der Waals surface area contributed by atoms with Crippen LogP contribution in [-0.4, -0.2) is 65.8 Å². The van der Waals surface area contributed by atoms with Crippen LogP contribution >= 0.6 is 11.6 Å². The number of hydrogen-bond acceptors (Lipinski definition) is 10. The Hall–Kier alpha value is -3.00. The summed E-state index contributed by atoms with van der Waals surface area (Å²) in [6.45, 7) is 5.28. The number of nitrogens with one attached hydrogen (secondary N) is 1. The number of benzene rings is 1. The van der Waals surface area contributed by atoms with Crippen LogP contribution in [0.1, 0.15) is 38.5 Å². The fourth-order valence-corrected chi connectivity index (χ4v) is 4.59. The average Bonchev–Trinajstić information content (AvgIpc) is 3.24. The summed E-state index contributed by atoms with van der Waals surface area (Å²) in [7, 11) is 0.257. The molecule has 0 unspecified atom stereocenters. The van der Waals surface area contributed by atoms with E-state index in [1.165, 1.54) is 45.2 Å². The smallest absolute Gasteiger partial charge is 0.243 e. The summed E-state index contributed by atoms with van der Waals surface area (Å²) >= 11 is 5.86. The molecule has 0 amide bonds. The highest BCUT2D eigenvalue weighted by Gasteiger charge is 2.35. The molecule has 0 saturated heterocycles. The number of para-hydroxylation sites is 1. The highest BCUT2D eigenvalue weighted by Crippen LogP contribution is 2.36. The van der Waals surface area contributed by atoms with Gasteiger partial charge in [-0.25, -0.2) is 18.4 Å². The molecule has 2 atom stereocenters. The Kier molecular flexibility index (Phi) is 9.06. The van der Waals surface area contributed by atoms with Gasteiger partial charge in [0.1, 0.15) is 35.1 Å². The monoisotopic (exact) mass is 540 g/mol. The van der Waals surface area contributed by atoms with Crippen molar-refractivity contribution in [2.24, 2.45) is 0 Å². The minimum atomic E-state index is -4.10. The van der Waals surface area contributed by atoms with Gasteiger partial charge in [0, 0.05) is 19.5 Å². The minimum Gasteiger partial charge on any atom is -0.494 e. The molecule has 3 rings (SSSR count). The van der Waals surface area contributed by atoms with Gasteiger partial charge in [0.05, 0.1) is 25.3 Å². The normalized spacial score (nSPS) is 13.4. The maximum atomic E-state index is 13.5. The summed E-state index contributed by atoms with van der Waals surface area (Å²) in [5.41, 5.74) is 0.407. The lowest BCUT2D eigenvalue weighted by Crippen LogP contribution is -2.33. The lowest BCUT2D eigenvalue weighted by atomic mass is 10.2. The average molecular weight is 541 g/mol. The molecular weight excluding hydrogens is 512 g/mol. The van der Waals surface area contributed by atoms with Crippen molar-refractivity contribution in [1.82, 2.24) is 24.7 Å². The number of methoxy groups -OCH3 is 3. The molecule has 0 aliphatic rings. The molecule has 0 fully saturated rings. The topological polar surface area (TPSA) is 140 Å². The van der Waals surface area contributed by atoms with Crippen molar-refractivity contribution in [3.63, 3.8) is 0 Å². The number of anilines is 1. The number of nitrogens with zero attached hydrogens (tertiary/aromatic N) is 5. The maximum Gasteiger partial charge on any atom is 0.243 e. The molecule has 0 saturated carbocycles. The van der Waals surface area contributed by atoms with Gasteiger partial charge in [0.25, 0.3) is 0 Å². The Balaban J connectivity index is 2.06. The molecule has 1 N–H and O–H groups in total. The molecule has 0 aliphatic carbocycles. The third-order valence-electron chi connectivity index (χ3n) is 5.20. The van der Waals surface area contributed by atoms with Crippen LogP contribution in [0.3, 0.4) is 0 Å². The number of ether oxygens (including phenoxy) is 4. The first-order chi connectivity index (χ1) is 17.1. The minimum absolute atomic E-state index is 0.0580. The molecular formula is C22H29ClN6O6S. The largest absolute Gasteiger partial charge is 0.494 e. The van der Waals surface area contributed by atoms with Crippen molar-refractivity contribution < 1.29 is 27.4 Å². The molecule has 0 spiro atoms. The van der Waals surface area contributed by atoms with E-state index >= 15 is 0 Å². The molecule has 0 aliphatic heterocycles. The molecule has 196 valence electrons. The van der Waals surface area contributed by atoms with Crippen molar-refractivity contribution in [3.05, 3.63) is 47.3 Å². The van der Waals surface area contributed by atoms with E-state index in [4.69, 9.17) is 30.5 Å². The number of aromatic nitrogens is 5. The van der Waals surface area contributed by atoms with E-state index < -0.39 is 21.4 Å². The summed E-state index contributed by atoms with van der Waals surface area (Å²) < 4.78 is 53.1. The zero-order valence-corrected chi connectivity index (χ0v) is 22.4. The Labute approximate surface area is 215 Å². The summed E-state index contributed by atoms with van der Waals surface area (Å²) in [4.78, 5) is 8.21. The zero-order chi connectivity index (χ0) is 26.5. The molecule has 2 aromatic heterocycles. The SMILES string of the molecule is COc1cccc(OC)c1-n1c(COC(C)C)nnc1NS(=O)(=O)[C@@H](C)[C@H](OC)c1ncc(Cl)cn1. The van der Waals surface area contributed by atoms with E-state index in [1.807, 2.05) is 13.8 Å². The van der Waals surface area contributed by atoms with Crippen LogP contribution < -0.4 is 14.2 Å². The summed E-state index contributed by atoms with van der Waals surface area (Å²) in [6, 6.07) is 5.17. The number of rotatable bonds is 12. The lowest BCUT2D eigenvalue weighted by Gasteiger charge is -2.23. The predicted octanol–water partition coefficient (Wildman–Crippen LogP) is 3.17. The van der Waals surface area contributed by atoms with Gasteiger partial charge in [0.15, 0.2) is 11.6 Å². The van der Waals surface area contributed by atoms with Crippen molar-refractivity contribution in [2.45, 2.75) is 44.8 Å². The van der Waals surface area contributed by atoms with E-state index in [9.17, 15) is 8.42 Å². The zero-order valence-electron chi connectivity index (χ0n) is 20.8.